The summed E-state index contributed by atoms with van der Waals surface area (Å²) in [4.78, 5) is 0. The molecular weight excluding hydrogens is 221 g/mol. The van der Waals surface area contributed by atoms with E-state index < -0.39 is 0 Å². The summed E-state index contributed by atoms with van der Waals surface area (Å²) in [6.07, 6.45) is 2.10. The molecule has 14 heavy (non-hydrogen) atoms. The summed E-state index contributed by atoms with van der Waals surface area (Å²) in [6, 6.07) is 5.01. The molecule has 2 nitrogen and oxygen atoms in total. The Balaban J connectivity index is 3.11. The summed E-state index contributed by atoms with van der Waals surface area (Å²) < 4.78 is 0. The minimum absolute atomic E-state index is 0.456. The van der Waals surface area contributed by atoms with Crippen LogP contribution in [-0.2, 0) is 0 Å². The third kappa shape index (κ3) is 2.50. The van der Waals surface area contributed by atoms with Crippen LogP contribution in [0.25, 0.3) is 0 Å². The largest absolute Gasteiger partial charge is 0.411 e. The highest BCUT2D eigenvalue weighted by Gasteiger charge is 2.07. The van der Waals surface area contributed by atoms with Gasteiger partial charge in [0.25, 0.3) is 0 Å². The minimum atomic E-state index is 0.456. The molecule has 4 heteroatoms. The Morgan fingerprint density at radius 2 is 2.21 bits per heavy atom. The summed E-state index contributed by atoms with van der Waals surface area (Å²) in [5.74, 6) is 0. The van der Waals surface area contributed by atoms with Crippen LogP contribution in [0, 0.1) is 0 Å². The fourth-order valence-electron chi connectivity index (χ4n) is 1.06. The first kappa shape index (κ1) is 11.1. The predicted octanol–water partition coefficient (Wildman–Crippen LogP) is 3.75. The molecule has 0 amide bonds. The van der Waals surface area contributed by atoms with Gasteiger partial charge in [-0.3, -0.25) is 0 Å². The SMILES string of the molecule is C=CC/C(=N\O)c1ccc(Cl)cc1Cl. The van der Waals surface area contributed by atoms with Gasteiger partial charge in [-0.25, -0.2) is 0 Å². The topological polar surface area (TPSA) is 32.6 Å². The van der Waals surface area contributed by atoms with E-state index in [2.05, 4.69) is 11.7 Å². The van der Waals surface area contributed by atoms with E-state index in [1.54, 1.807) is 24.3 Å². The average molecular weight is 230 g/mol. The van der Waals surface area contributed by atoms with E-state index in [-0.39, 0.29) is 0 Å². The lowest BCUT2D eigenvalue weighted by Crippen LogP contribution is -2.00. The Bertz CT molecular complexity index is 374. The van der Waals surface area contributed by atoms with Gasteiger partial charge in [-0.1, -0.05) is 40.5 Å². The van der Waals surface area contributed by atoms with Gasteiger partial charge in [0.05, 0.1) is 10.7 Å². The van der Waals surface area contributed by atoms with Gasteiger partial charge in [0, 0.05) is 17.0 Å². The minimum Gasteiger partial charge on any atom is -0.411 e. The quantitative estimate of drug-likeness (QED) is 0.364. The number of hydrogen-bond acceptors (Lipinski definition) is 2. The molecule has 74 valence electrons. The Kier molecular flexibility index (Phi) is 3.98. The lowest BCUT2D eigenvalue weighted by molar-refractivity contribution is 0.318. The molecule has 0 saturated carbocycles. The molecule has 1 aromatic carbocycles. The van der Waals surface area contributed by atoms with Crippen molar-refractivity contribution in [2.24, 2.45) is 5.16 Å². The van der Waals surface area contributed by atoms with Crippen LogP contribution in [-0.4, -0.2) is 10.9 Å². The summed E-state index contributed by atoms with van der Waals surface area (Å²) in [6.45, 7) is 3.56. The Morgan fingerprint density at radius 1 is 1.50 bits per heavy atom. The van der Waals surface area contributed by atoms with Gasteiger partial charge in [0.1, 0.15) is 0 Å². The molecule has 0 unspecified atom stereocenters. The zero-order chi connectivity index (χ0) is 10.6. The molecule has 0 fully saturated rings. The number of benzene rings is 1. The molecule has 0 aliphatic heterocycles. The van der Waals surface area contributed by atoms with Gasteiger partial charge >= 0.3 is 0 Å². The van der Waals surface area contributed by atoms with Crippen LogP contribution in [0.15, 0.2) is 36.0 Å². The molecule has 0 aromatic heterocycles. The highest BCUT2D eigenvalue weighted by atomic mass is 35.5. The van der Waals surface area contributed by atoms with E-state index in [0.29, 0.717) is 27.7 Å². The second kappa shape index (κ2) is 5.03. The van der Waals surface area contributed by atoms with Gasteiger partial charge in [-0.2, -0.15) is 0 Å². The van der Waals surface area contributed by atoms with Crippen LogP contribution in [0.1, 0.15) is 12.0 Å². The monoisotopic (exact) mass is 229 g/mol. The van der Waals surface area contributed by atoms with Crippen molar-refractivity contribution in [3.8, 4) is 0 Å². The molecule has 0 aliphatic rings. The Morgan fingerprint density at radius 3 is 2.71 bits per heavy atom. The Hall–Kier alpha value is -0.990. The molecule has 0 spiro atoms. The summed E-state index contributed by atoms with van der Waals surface area (Å²) in [5.41, 5.74) is 1.14. The molecule has 1 N–H and O–H groups in total. The average Bonchev–Trinajstić information content (AvgIpc) is 2.15. The highest BCUT2D eigenvalue weighted by Crippen LogP contribution is 2.22. The van der Waals surface area contributed by atoms with Crippen molar-refractivity contribution in [1.29, 1.82) is 0 Å². The predicted molar refractivity (Wildman–Crippen MR) is 59.6 cm³/mol. The molecule has 0 radical (unpaired) electrons. The van der Waals surface area contributed by atoms with Crippen molar-refractivity contribution in [2.75, 3.05) is 0 Å². The van der Waals surface area contributed by atoms with Crippen LogP contribution in [0.5, 0.6) is 0 Å². The molecule has 0 aliphatic carbocycles. The lowest BCUT2D eigenvalue weighted by Gasteiger charge is -2.04. The van der Waals surface area contributed by atoms with E-state index >= 15 is 0 Å². The van der Waals surface area contributed by atoms with Gasteiger partial charge in [-0.15, -0.1) is 6.58 Å². The smallest absolute Gasteiger partial charge is 0.0920 e. The number of rotatable bonds is 3. The van der Waals surface area contributed by atoms with Crippen molar-refractivity contribution in [3.63, 3.8) is 0 Å². The first-order chi connectivity index (χ1) is 6.69. The van der Waals surface area contributed by atoms with E-state index in [9.17, 15) is 0 Å². The van der Waals surface area contributed by atoms with Gasteiger partial charge < -0.3 is 5.21 Å². The van der Waals surface area contributed by atoms with Crippen molar-refractivity contribution >= 4 is 28.9 Å². The Labute approximate surface area is 92.5 Å². The number of hydrogen-bond donors (Lipinski definition) is 1. The molecule has 0 saturated heterocycles. The normalized spacial score (nSPS) is 11.4. The third-order valence-electron chi connectivity index (χ3n) is 1.70. The summed E-state index contributed by atoms with van der Waals surface area (Å²) >= 11 is 11.7. The van der Waals surface area contributed by atoms with Crippen LogP contribution in [0.3, 0.4) is 0 Å². The first-order valence-corrected chi connectivity index (χ1v) is 4.72. The van der Waals surface area contributed by atoms with Crippen LogP contribution < -0.4 is 0 Å². The van der Waals surface area contributed by atoms with Crippen LogP contribution in [0.4, 0.5) is 0 Å². The number of halogens is 2. The molecular formula is C10H9Cl2NO. The highest BCUT2D eigenvalue weighted by molar-refractivity contribution is 6.37. The number of allylic oxidation sites excluding steroid dienone is 1. The van der Waals surface area contributed by atoms with Crippen molar-refractivity contribution in [3.05, 3.63) is 46.5 Å². The third-order valence-corrected chi connectivity index (χ3v) is 2.25. The number of oxime groups is 1. The molecule has 1 rings (SSSR count). The molecule has 0 atom stereocenters. The lowest BCUT2D eigenvalue weighted by atomic mass is 10.1. The zero-order valence-corrected chi connectivity index (χ0v) is 8.89. The second-order valence-electron chi connectivity index (χ2n) is 2.66. The van der Waals surface area contributed by atoms with Crippen LogP contribution >= 0.6 is 23.2 Å². The molecule has 0 heterocycles. The van der Waals surface area contributed by atoms with E-state index in [0.717, 1.165) is 0 Å². The fraction of sp³-hybridized carbons (Fsp3) is 0.100. The summed E-state index contributed by atoms with van der Waals surface area (Å²) in [7, 11) is 0. The maximum atomic E-state index is 8.75. The van der Waals surface area contributed by atoms with E-state index in [1.165, 1.54) is 0 Å². The first-order valence-electron chi connectivity index (χ1n) is 3.96. The number of nitrogens with zero attached hydrogens (tertiary/aromatic N) is 1. The van der Waals surface area contributed by atoms with Crippen LogP contribution in [0.2, 0.25) is 10.0 Å². The van der Waals surface area contributed by atoms with E-state index in [1.807, 2.05) is 0 Å². The fourth-order valence-corrected chi connectivity index (χ4v) is 1.58. The standard InChI is InChI=1S/C10H9Cl2NO/c1-2-3-10(13-14)8-5-4-7(11)6-9(8)12/h2,4-6,14H,1,3H2/b13-10+. The van der Waals surface area contributed by atoms with Crippen molar-refractivity contribution in [2.45, 2.75) is 6.42 Å². The molecule has 1 aromatic rings. The van der Waals surface area contributed by atoms with Gasteiger partial charge in [-0.05, 0) is 12.1 Å². The van der Waals surface area contributed by atoms with Gasteiger partial charge in [0.15, 0.2) is 0 Å². The van der Waals surface area contributed by atoms with Crippen molar-refractivity contribution in [1.82, 2.24) is 0 Å². The maximum absolute atomic E-state index is 8.75. The zero-order valence-electron chi connectivity index (χ0n) is 7.37. The molecule has 0 bridgehead atoms. The maximum Gasteiger partial charge on any atom is 0.0920 e. The van der Waals surface area contributed by atoms with E-state index in [4.69, 9.17) is 28.4 Å². The second-order valence-corrected chi connectivity index (χ2v) is 3.51. The van der Waals surface area contributed by atoms with Crippen molar-refractivity contribution < 1.29 is 5.21 Å². The van der Waals surface area contributed by atoms with Gasteiger partial charge in [0.2, 0.25) is 0 Å². The summed E-state index contributed by atoms with van der Waals surface area (Å²) in [5, 5.41) is 12.9.